The molecule has 0 spiro atoms. The number of carbonyl (C=O) groups is 1. The summed E-state index contributed by atoms with van der Waals surface area (Å²) in [5.74, 6) is -0.745. The molecule has 5 nitrogen and oxygen atoms in total. The van der Waals surface area contributed by atoms with Crippen molar-refractivity contribution in [1.29, 1.82) is 0 Å². The molecule has 0 aliphatic carbocycles. The maximum absolute atomic E-state index is 13.1. The normalized spacial score (nSPS) is 20.7. The van der Waals surface area contributed by atoms with E-state index in [0.717, 1.165) is 5.56 Å². The maximum Gasteiger partial charge on any atom is 0.357 e. The first-order chi connectivity index (χ1) is 11.1. The van der Waals surface area contributed by atoms with Crippen LogP contribution >= 0.6 is 11.3 Å². The number of carbonyl (C=O) groups excluding carboxylic acids is 1. The van der Waals surface area contributed by atoms with Gasteiger partial charge in [-0.25, -0.2) is 14.2 Å². The van der Waals surface area contributed by atoms with E-state index in [1.165, 1.54) is 23.5 Å². The average Bonchev–Trinajstić information content (AvgIpc) is 3.15. The van der Waals surface area contributed by atoms with E-state index in [2.05, 4.69) is 4.98 Å². The van der Waals surface area contributed by atoms with Gasteiger partial charge in [0.15, 0.2) is 10.8 Å². The van der Waals surface area contributed by atoms with Gasteiger partial charge in [-0.05, 0) is 31.0 Å². The van der Waals surface area contributed by atoms with Crippen molar-refractivity contribution in [2.75, 3.05) is 18.1 Å². The number of ether oxygens (including phenoxy) is 1. The lowest BCUT2D eigenvalue weighted by Crippen LogP contribution is -2.24. The molecule has 1 N–H and O–H groups in total. The number of esters is 1. The summed E-state index contributed by atoms with van der Waals surface area (Å²) in [4.78, 5) is 18.0. The fourth-order valence-corrected chi connectivity index (χ4v) is 3.58. The Morgan fingerprint density at radius 2 is 2.22 bits per heavy atom. The molecule has 122 valence electrons. The molecule has 0 saturated carbocycles. The summed E-state index contributed by atoms with van der Waals surface area (Å²) in [5.41, 5.74) is 1.18. The molecule has 2 unspecified atom stereocenters. The second-order valence-electron chi connectivity index (χ2n) is 5.35. The van der Waals surface area contributed by atoms with Crippen LogP contribution in [0.4, 0.5) is 9.52 Å². The van der Waals surface area contributed by atoms with Crippen molar-refractivity contribution >= 4 is 22.4 Å². The summed E-state index contributed by atoms with van der Waals surface area (Å²) in [6.07, 6.45) is 0.0555. The average molecular weight is 336 g/mol. The Labute approximate surface area is 137 Å². The molecule has 0 radical (unpaired) electrons. The fourth-order valence-electron chi connectivity index (χ4n) is 2.72. The first-order valence-electron chi connectivity index (χ1n) is 7.41. The van der Waals surface area contributed by atoms with Gasteiger partial charge in [-0.3, -0.25) is 0 Å². The largest absolute Gasteiger partial charge is 0.461 e. The van der Waals surface area contributed by atoms with Gasteiger partial charge >= 0.3 is 5.97 Å². The van der Waals surface area contributed by atoms with Crippen LogP contribution in [0.5, 0.6) is 0 Å². The van der Waals surface area contributed by atoms with E-state index >= 15 is 0 Å². The summed E-state index contributed by atoms with van der Waals surface area (Å²) >= 11 is 1.33. The van der Waals surface area contributed by atoms with Gasteiger partial charge in [0.05, 0.1) is 18.8 Å². The Hall–Kier alpha value is -1.99. The Bertz CT molecular complexity index is 689. The second-order valence-corrected chi connectivity index (χ2v) is 6.18. The fraction of sp³-hybridized carbons (Fsp3) is 0.375. The minimum absolute atomic E-state index is 0.0909. The number of β-amino-alcohol motifs (C(OH)–C–C–N with tert-alkyl or cyclic N) is 1. The maximum atomic E-state index is 13.1. The van der Waals surface area contributed by atoms with Crippen molar-refractivity contribution in [3.63, 3.8) is 0 Å². The molecule has 0 amide bonds. The third-order valence-corrected chi connectivity index (χ3v) is 4.63. The van der Waals surface area contributed by atoms with Crippen molar-refractivity contribution < 1.29 is 19.0 Å². The number of aliphatic hydroxyl groups is 1. The molecular weight excluding hydrogens is 319 g/mol. The van der Waals surface area contributed by atoms with Crippen LogP contribution in [-0.4, -0.2) is 35.3 Å². The lowest BCUT2D eigenvalue weighted by atomic mass is 10.0. The van der Waals surface area contributed by atoms with Gasteiger partial charge < -0.3 is 14.7 Å². The van der Waals surface area contributed by atoms with Gasteiger partial charge in [0.25, 0.3) is 0 Å². The Kier molecular flexibility index (Phi) is 4.58. The highest BCUT2D eigenvalue weighted by molar-refractivity contribution is 7.13. The molecule has 23 heavy (non-hydrogen) atoms. The molecule has 2 aromatic rings. The van der Waals surface area contributed by atoms with E-state index in [1.54, 1.807) is 24.4 Å². The third kappa shape index (κ3) is 3.35. The highest BCUT2D eigenvalue weighted by Crippen LogP contribution is 2.37. The molecule has 1 aliphatic rings. The predicted molar refractivity (Wildman–Crippen MR) is 85.2 cm³/mol. The Morgan fingerprint density at radius 1 is 1.48 bits per heavy atom. The van der Waals surface area contributed by atoms with E-state index in [0.29, 0.717) is 24.7 Å². The number of rotatable bonds is 4. The molecule has 1 aromatic heterocycles. The monoisotopic (exact) mass is 336 g/mol. The Balaban J connectivity index is 1.85. The number of halogens is 1. The lowest BCUT2D eigenvalue weighted by Gasteiger charge is -2.23. The zero-order valence-electron chi connectivity index (χ0n) is 12.6. The number of thiazole rings is 1. The van der Waals surface area contributed by atoms with Crippen LogP contribution in [0, 0.1) is 5.82 Å². The minimum Gasteiger partial charge on any atom is -0.461 e. The van der Waals surface area contributed by atoms with Crippen LogP contribution < -0.4 is 4.90 Å². The zero-order chi connectivity index (χ0) is 16.4. The van der Waals surface area contributed by atoms with Crippen molar-refractivity contribution in [2.45, 2.75) is 25.5 Å². The van der Waals surface area contributed by atoms with Crippen molar-refractivity contribution in [3.8, 4) is 0 Å². The summed E-state index contributed by atoms with van der Waals surface area (Å²) in [7, 11) is 0. The van der Waals surface area contributed by atoms with Gasteiger partial charge in [-0.2, -0.15) is 0 Å². The van der Waals surface area contributed by atoms with Crippen LogP contribution in [-0.2, 0) is 4.74 Å². The first kappa shape index (κ1) is 15.9. The van der Waals surface area contributed by atoms with Crippen LogP contribution in [0.1, 0.15) is 35.4 Å². The molecule has 3 rings (SSSR count). The molecular formula is C16H17FN2O3S. The number of benzene rings is 1. The van der Waals surface area contributed by atoms with Crippen LogP contribution in [0.3, 0.4) is 0 Å². The number of nitrogens with zero attached hydrogens (tertiary/aromatic N) is 2. The van der Waals surface area contributed by atoms with Gasteiger partial charge in [-0.15, -0.1) is 11.3 Å². The molecule has 2 atom stereocenters. The van der Waals surface area contributed by atoms with Crippen LogP contribution in [0.2, 0.25) is 0 Å². The Morgan fingerprint density at radius 3 is 2.91 bits per heavy atom. The summed E-state index contributed by atoms with van der Waals surface area (Å²) in [5, 5.41) is 12.3. The molecule has 1 fully saturated rings. The number of hydrogen-bond acceptors (Lipinski definition) is 6. The summed E-state index contributed by atoms with van der Waals surface area (Å²) in [6.45, 7) is 2.47. The molecule has 2 heterocycles. The van der Waals surface area contributed by atoms with Gasteiger partial charge in [-0.1, -0.05) is 12.1 Å². The van der Waals surface area contributed by atoms with E-state index in [9.17, 15) is 14.3 Å². The van der Waals surface area contributed by atoms with Crippen LogP contribution in [0.15, 0.2) is 29.6 Å². The quantitative estimate of drug-likeness (QED) is 0.870. The van der Waals surface area contributed by atoms with Crippen LogP contribution in [0.25, 0.3) is 0 Å². The van der Waals surface area contributed by atoms with E-state index in [-0.39, 0.29) is 17.6 Å². The first-order valence-corrected chi connectivity index (χ1v) is 8.29. The molecule has 1 aliphatic heterocycles. The standard InChI is InChI=1S/C16H17FN2O3S/c1-2-22-15(21)13-9-23-16(18-13)19-8-12(20)7-14(19)10-3-5-11(17)6-4-10/h3-6,9,12,14,20H,2,7-8H2,1H3. The molecule has 0 bridgehead atoms. The smallest absolute Gasteiger partial charge is 0.357 e. The summed E-state index contributed by atoms with van der Waals surface area (Å²) < 4.78 is 18.1. The van der Waals surface area contributed by atoms with Gasteiger partial charge in [0.2, 0.25) is 0 Å². The SMILES string of the molecule is CCOC(=O)c1csc(N2CC(O)CC2c2ccc(F)cc2)n1. The van der Waals surface area contributed by atoms with E-state index in [4.69, 9.17) is 4.74 Å². The topological polar surface area (TPSA) is 62.7 Å². The number of aromatic nitrogens is 1. The number of anilines is 1. The summed E-state index contributed by atoms with van der Waals surface area (Å²) in [6, 6.07) is 6.15. The third-order valence-electron chi connectivity index (χ3n) is 3.76. The second kappa shape index (κ2) is 6.64. The number of hydrogen-bond donors (Lipinski definition) is 1. The van der Waals surface area contributed by atoms with E-state index < -0.39 is 12.1 Å². The highest BCUT2D eigenvalue weighted by atomic mass is 32.1. The minimum atomic E-state index is -0.486. The molecule has 7 heteroatoms. The van der Waals surface area contributed by atoms with Crippen molar-refractivity contribution in [2.24, 2.45) is 0 Å². The van der Waals surface area contributed by atoms with Gasteiger partial charge in [0.1, 0.15) is 5.82 Å². The number of aliphatic hydroxyl groups excluding tert-OH is 1. The van der Waals surface area contributed by atoms with E-state index in [1.807, 2.05) is 4.90 Å². The predicted octanol–water partition coefficient (Wildman–Crippen LogP) is 2.77. The van der Waals surface area contributed by atoms with Crippen molar-refractivity contribution in [1.82, 2.24) is 4.98 Å². The lowest BCUT2D eigenvalue weighted by molar-refractivity contribution is 0.0520. The molecule has 1 aromatic carbocycles. The van der Waals surface area contributed by atoms with Crippen molar-refractivity contribution in [3.05, 3.63) is 46.7 Å². The molecule has 1 saturated heterocycles. The van der Waals surface area contributed by atoms with Gasteiger partial charge in [0, 0.05) is 11.9 Å². The zero-order valence-corrected chi connectivity index (χ0v) is 13.4. The highest BCUT2D eigenvalue weighted by Gasteiger charge is 2.34.